The number of unbranched alkanes of at least 4 members (excludes halogenated alkanes) is 4. The van der Waals surface area contributed by atoms with Crippen molar-refractivity contribution < 1.29 is 19.3 Å². The van der Waals surface area contributed by atoms with Gasteiger partial charge < -0.3 is 19.3 Å². The van der Waals surface area contributed by atoms with Crippen LogP contribution in [-0.2, 0) is 14.2 Å². The Morgan fingerprint density at radius 2 is 2.00 bits per heavy atom. The van der Waals surface area contributed by atoms with E-state index in [9.17, 15) is 0 Å². The van der Waals surface area contributed by atoms with Crippen LogP contribution in [0.3, 0.4) is 0 Å². The summed E-state index contributed by atoms with van der Waals surface area (Å²) in [6.07, 6.45) is 6.75. The molecule has 1 N–H and O–H groups in total. The summed E-state index contributed by atoms with van der Waals surface area (Å²) < 4.78 is 16.3. The quantitative estimate of drug-likeness (QED) is 0.600. The summed E-state index contributed by atoms with van der Waals surface area (Å²) in [4.78, 5) is 0. The number of aliphatic hydroxyl groups is 1. The maximum Gasteiger partial charge on any atom is 0.160 e. The lowest BCUT2D eigenvalue weighted by atomic mass is 10.2. The molecule has 1 fully saturated rings. The highest BCUT2D eigenvalue weighted by Crippen LogP contribution is 2.14. The van der Waals surface area contributed by atoms with Gasteiger partial charge in [0.2, 0.25) is 0 Å². The fraction of sp³-hybridized carbons (Fsp3) is 1.00. The minimum Gasteiger partial charge on any atom is -0.394 e. The van der Waals surface area contributed by atoms with E-state index in [1.165, 1.54) is 25.7 Å². The number of ether oxygens (including phenoxy) is 3. The minimum absolute atomic E-state index is 0.0365. The Bertz CT molecular complexity index is 175. The molecule has 0 bridgehead atoms. The standard InChI is InChI=1S/C13H26O4/c1-2-3-4-5-6-8-15-9-7-13-16-11-12(10-14)17-13/h12-14H,2-11H2,1H3/t12-,13-/m0/s1. The Morgan fingerprint density at radius 1 is 1.18 bits per heavy atom. The van der Waals surface area contributed by atoms with Crippen LogP contribution in [0.5, 0.6) is 0 Å². The van der Waals surface area contributed by atoms with E-state index in [0.29, 0.717) is 13.2 Å². The van der Waals surface area contributed by atoms with Gasteiger partial charge in [-0.05, 0) is 6.42 Å². The van der Waals surface area contributed by atoms with Crippen molar-refractivity contribution in [1.29, 1.82) is 0 Å². The third-order valence-corrected chi connectivity index (χ3v) is 2.91. The largest absolute Gasteiger partial charge is 0.394 e. The number of hydrogen-bond acceptors (Lipinski definition) is 4. The van der Waals surface area contributed by atoms with Gasteiger partial charge in [-0.3, -0.25) is 0 Å². The molecule has 2 atom stereocenters. The van der Waals surface area contributed by atoms with Crippen LogP contribution in [0.1, 0.15) is 45.4 Å². The average molecular weight is 246 g/mol. The van der Waals surface area contributed by atoms with Crippen molar-refractivity contribution >= 4 is 0 Å². The summed E-state index contributed by atoms with van der Waals surface area (Å²) in [5.74, 6) is 0. The first kappa shape index (κ1) is 14.9. The van der Waals surface area contributed by atoms with Crippen LogP contribution >= 0.6 is 0 Å². The van der Waals surface area contributed by atoms with Crippen LogP contribution < -0.4 is 0 Å². The first-order valence-corrected chi connectivity index (χ1v) is 6.82. The lowest BCUT2D eigenvalue weighted by Gasteiger charge is -2.10. The first-order valence-electron chi connectivity index (χ1n) is 6.82. The van der Waals surface area contributed by atoms with Crippen LogP contribution in [0.2, 0.25) is 0 Å². The SMILES string of the molecule is CCCCCCCOCC[C@H]1OC[C@H](CO)O1. The highest BCUT2D eigenvalue weighted by atomic mass is 16.7. The third-order valence-electron chi connectivity index (χ3n) is 2.91. The zero-order chi connectivity index (χ0) is 12.3. The van der Waals surface area contributed by atoms with E-state index in [1.807, 2.05) is 0 Å². The Kier molecular flexibility index (Phi) is 8.61. The predicted octanol–water partition coefficient (Wildman–Crippen LogP) is 2.10. The Labute approximate surface area is 104 Å². The molecular formula is C13H26O4. The molecule has 0 saturated carbocycles. The van der Waals surface area contributed by atoms with Crippen LogP contribution in [0.15, 0.2) is 0 Å². The Hall–Kier alpha value is -0.160. The molecule has 17 heavy (non-hydrogen) atoms. The van der Waals surface area contributed by atoms with Gasteiger partial charge in [0, 0.05) is 13.0 Å². The molecule has 0 unspecified atom stereocenters. The zero-order valence-corrected chi connectivity index (χ0v) is 10.9. The smallest absolute Gasteiger partial charge is 0.160 e. The van der Waals surface area contributed by atoms with Crippen molar-refractivity contribution in [3.8, 4) is 0 Å². The average Bonchev–Trinajstić information content (AvgIpc) is 2.80. The van der Waals surface area contributed by atoms with Gasteiger partial charge in [-0.1, -0.05) is 32.6 Å². The lowest BCUT2D eigenvalue weighted by molar-refractivity contribution is -0.0810. The maximum atomic E-state index is 8.86. The molecule has 0 spiro atoms. The molecule has 1 aliphatic rings. The minimum atomic E-state index is -0.188. The molecule has 0 amide bonds. The molecule has 1 rings (SSSR count). The maximum absolute atomic E-state index is 8.86. The van der Waals surface area contributed by atoms with E-state index in [2.05, 4.69) is 6.92 Å². The van der Waals surface area contributed by atoms with Gasteiger partial charge in [-0.2, -0.15) is 0 Å². The molecule has 0 aromatic rings. The lowest BCUT2D eigenvalue weighted by Crippen LogP contribution is -2.17. The normalized spacial score (nSPS) is 24.4. The molecule has 102 valence electrons. The van der Waals surface area contributed by atoms with Crippen LogP contribution in [-0.4, -0.2) is 43.9 Å². The second-order valence-electron chi connectivity index (χ2n) is 4.52. The molecule has 4 nitrogen and oxygen atoms in total. The molecular weight excluding hydrogens is 220 g/mol. The monoisotopic (exact) mass is 246 g/mol. The van der Waals surface area contributed by atoms with Gasteiger partial charge in [0.1, 0.15) is 6.10 Å². The highest BCUT2D eigenvalue weighted by Gasteiger charge is 2.24. The molecule has 0 aromatic heterocycles. The van der Waals surface area contributed by atoms with E-state index in [1.54, 1.807) is 0 Å². The fourth-order valence-electron chi connectivity index (χ4n) is 1.84. The number of aliphatic hydroxyl groups excluding tert-OH is 1. The zero-order valence-electron chi connectivity index (χ0n) is 10.9. The fourth-order valence-corrected chi connectivity index (χ4v) is 1.84. The van der Waals surface area contributed by atoms with E-state index in [0.717, 1.165) is 19.4 Å². The molecule has 0 aromatic carbocycles. The summed E-state index contributed by atoms with van der Waals surface area (Å²) in [5, 5.41) is 8.86. The Morgan fingerprint density at radius 3 is 2.71 bits per heavy atom. The van der Waals surface area contributed by atoms with Crippen molar-refractivity contribution in [3.05, 3.63) is 0 Å². The summed E-state index contributed by atoms with van der Waals surface area (Å²) in [7, 11) is 0. The molecule has 1 saturated heterocycles. The molecule has 1 aliphatic heterocycles. The van der Waals surface area contributed by atoms with Crippen molar-refractivity contribution in [2.75, 3.05) is 26.4 Å². The van der Waals surface area contributed by atoms with E-state index in [4.69, 9.17) is 19.3 Å². The van der Waals surface area contributed by atoms with Crippen molar-refractivity contribution in [2.24, 2.45) is 0 Å². The third kappa shape index (κ3) is 6.99. The van der Waals surface area contributed by atoms with Gasteiger partial charge in [0.25, 0.3) is 0 Å². The summed E-state index contributed by atoms with van der Waals surface area (Å²) >= 11 is 0. The van der Waals surface area contributed by atoms with Gasteiger partial charge in [-0.25, -0.2) is 0 Å². The number of hydrogen-bond donors (Lipinski definition) is 1. The van der Waals surface area contributed by atoms with Gasteiger partial charge in [0.15, 0.2) is 6.29 Å². The molecule has 1 heterocycles. The summed E-state index contributed by atoms with van der Waals surface area (Å²) in [6, 6.07) is 0. The van der Waals surface area contributed by atoms with Crippen LogP contribution in [0.25, 0.3) is 0 Å². The topological polar surface area (TPSA) is 47.9 Å². The van der Waals surface area contributed by atoms with Gasteiger partial charge >= 0.3 is 0 Å². The Balaban J connectivity index is 1.81. The summed E-state index contributed by atoms with van der Waals surface area (Å²) in [6.45, 7) is 4.27. The van der Waals surface area contributed by atoms with E-state index in [-0.39, 0.29) is 19.0 Å². The first-order chi connectivity index (χ1) is 8.36. The van der Waals surface area contributed by atoms with Crippen molar-refractivity contribution in [3.63, 3.8) is 0 Å². The van der Waals surface area contributed by atoms with Crippen LogP contribution in [0, 0.1) is 0 Å². The molecule has 0 aliphatic carbocycles. The number of rotatable bonds is 10. The van der Waals surface area contributed by atoms with Crippen molar-refractivity contribution in [2.45, 2.75) is 57.8 Å². The van der Waals surface area contributed by atoms with Crippen LogP contribution in [0.4, 0.5) is 0 Å². The second-order valence-corrected chi connectivity index (χ2v) is 4.52. The highest BCUT2D eigenvalue weighted by molar-refractivity contribution is 4.63. The molecule has 4 heteroatoms. The van der Waals surface area contributed by atoms with Gasteiger partial charge in [0.05, 0.1) is 19.8 Å². The van der Waals surface area contributed by atoms with E-state index < -0.39 is 0 Å². The van der Waals surface area contributed by atoms with Gasteiger partial charge in [-0.15, -0.1) is 0 Å². The van der Waals surface area contributed by atoms with Crippen molar-refractivity contribution in [1.82, 2.24) is 0 Å². The second kappa shape index (κ2) is 9.83. The van der Waals surface area contributed by atoms with E-state index >= 15 is 0 Å². The molecule has 0 radical (unpaired) electrons. The summed E-state index contributed by atoms with van der Waals surface area (Å²) in [5.41, 5.74) is 0. The predicted molar refractivity (Wildman–Crippen MR) is 65.9 cm³/mol.